The van der Waals surface area contributed by atoms with Crippen molar-refractivity contribution in [2.24, 2.45) is 22.7 Å². The summed E-state index contributed by atoms with van der Waals surface area (Å²) in [5.41, 5.74) is 1.55. The first-order valence-electron chi connectivity index (χ1n) is 6.74. The Kier molecular flexibility index (Phi) is 1.86. The molecule has 1 N–H and O–H groups in total. The molecule has 2 fully saturated rings. The molecule has 90 valence electrons. The Labute approximate surface area is 98.9 Å². The average molecular weight is 220 g/mol. The summed E-state index contributed by atoms with van der Waals surface area (Å²) in [5, 5.41) is 10.8. The molecule has 0 saturated heterocycles. The molecule has 4 atom stereocenters. The first-order chi connectivity index (χ1) is 7.32. The van der Waals surface area contributed by atoms with E-state index in [0.717, 1.165) is 18.8 Å². The molecular formula is C15H24O. The van der Waals surface area contributed by atoms with Crippen LogP contribution in [-0.2, 0) is 0 Å². The van der Waals surface area contributed by atoms with Gasteiger partial charge in [-0.15, -0.1) is 0 Å². The summed E-state index contributed by atoms with van der Waals surface area (Å²) in [6, 6.07) is 0. The zero-order valence-electron chi connectivity index (χ0n) is 11.0. The normalized spacial score (nSPS) is 53.7. The molecule has 0 bridgehead atoms. The topological polar surface area (TPSA) is 20.2 Å². The molecule has 0 aliphatic heterocycles. The highest BCUT2D eigenvalue weighted by Gasteiger charge is 2.71. The van der Waals surface area contributed by atoms with Gasteiger partial charge in [0, 0.05) is 5.41 Å². The Hall–Kier alpha value is -0.300. The Balaban J connectivity index is 2.08. The summed E-state index contributed by atoms with van der Waals surface area (Å²) < 4.78 is 0. The molecule has 1 nitrogen and oxygen atoms in total. The van der Waals surface area contributed by atoms with Crippen LogP contribution < -0.4 is 0 Å². The van der Waals surface area contributed by atoms with Gasteiger partial charge in [-0.1, -0.05) is 32.4 Å². The molecular weight excluding hydrogens is 196 g/mol. The molecule has 0 aromatic rings. The first kappa shape index (κ1) is 10.8. The van der Waals surface area contributed by atoms with E-state index in [-0.39, 0.29) is 5.41 Å². The number of aliphatic hydroxyl groups is 1. The molecule has 16 heavy (non-hydrogen) atoms. The van der Waals surface area contributed by atoms with Crippen LogP contribution >= 0.6 is 0 Å². The zero-order valence-corrected chi connectivity index (χ0v) is 11.0. The van der Waals surface area contributed by atoms with E-state index in [1.54, 1.807) is 5.57 Å². The van der Waals surface area contributed by atoms with Crippen molar-refractivity contribution in [1.29, 1.82) is 0 Å². The summed E-state index contributed by atoms with van der Waals surface area (Å²) in [5.74, 6) is 1.51. The molecule has 1 heteroatoms. The number of hydrogen-bond donors (Lipinski definition) is 1. The van der Waals surface area contributed by atoms with E-state index in [2.05, 4.69) is 33.8 Å². The van der Waals surface area contributed by atoms with Crippen LogP contribution in [-0.4, -0.2) is 10.7 Å². The lowest BCUT2D eigenvalue weighted by Crippen LogP contribution is -2.51. The van der Waals surface area contributed by atoms with Gasteiger partial charge in [0.25, 0.3) is 0 Å². The van der Waals surface area contributed by atoms with Gasteiger partial charge in [-0.2, -0.15) is 0 Å². The third kappa shape index (κ3) is 1.01. The summed E-state index contributed by atoms with van der Waals surface area (Å²) in [4.78, 5) is 0. The zero-order chi connectivity index (χ0) is 11.8. The second-order valence-electron chi connectivity index (χ2n) is 7.20. The highest BCUT2D eigenvalue weighted by Crippen LogP contribution is 2.74. The van der Waals surface area contributed by atoms with Crippen molar-refractivity contribution >= 4 is 0 Å². The van der Waals surface area contributed by atoms with Crippen LogP contribution in [0.25, 0.3) is 0 Å². The third-order valence-corrected chi connectivity index (χ3v) is 6.19. The SMILES string of the molecule is CC1(C)[C@@H]2CC=C3CCC[C@](C)(O)[C@]3(C)[C@@H]21. The number of fused-ring (bicyclic) bond motifs is 3. The van der Waals surface area contributed by atoms with Crippen molar-refractivity contribution in [1.82, 2.24) is 0 Å². The van der Waals surface area contributed by atoms with Gasteiger partial charge < -0.3 is 5.11 Å². The minimum absolute atomic E-state index is 0.0532. The fraction of sp³-hybridized carbons (Fsp3) is 0.867. The van der Waals surface area contributed by atoms with Crippen molar-refractivity contribution in [3.63, 3.8) is 0 Å². The lowest BCUT2D eigenvalue weighted by Gasteiger charge is -2.51. The molecule has 0 aromatic heterocycles. The van der Waals surface area contributed by atoms with Crippen LogP contribution in [0.1, 0.15) is 53.4 Å². The molecule has 3 aliphatic carbocycles. The van der Waals surface area contributed by atoms with Gasteiger partial charge in [0.1, 0.15) is 0 Å². The van der Waals surface area contributed by atoms with Crippen LogP contribution in [0.2, 0.25) is 0 Å². The lowest BCUT2D eigenvalue weighted by atomic mass is 9.57. The molecule has 0 amide bonds. The summed E-state index contributed by atoms with van der Waals surface area (Å²) in [6.07, 6.45) is 7.04. The van der Waals surface area contributed by atoms with E-state index in [4.69, 9.17) is 0 Å². The van der Waals surface area contributed by atoms with Crippen LogP contribution in [0, 0.1) is 22.7 Å². The number of allylic oxidation sites excluding steroid dienone is 1. The predicted octanol–water partition coefficient (Wildman–Crippen LogP) is 3.53. The van der Waals surface area contributed by atoms with Crippen molar-refractivity contribution in [2.75, 3.05) is 0 Å². The molecule has 0 heterocycles. The lowest BCUT2D eigenvalue weighted by molar-refractivity contribution is -0.0826. The monoisotopic (exact) mass is 220 g/mol. The van der Waals surface area contributed by atoms with E-state index in [9.17, 15) is 5.11 Å². The molecule has 0 spiro atoms. The average Bonchev–Trinajstić information content (AvgIpc) is 2.72. The second-order valence-corrected chi connectivity index (χ2v) is 7.20. The molecule has 0 aromatic carbocycles. The largest absolute Gasteiger partial charge is 0.389 e. The summed E-state index contributed by atoms with van der Waals surface area (Å²) >= 11 is 0. The number of rotatable bonds is 0. The maximum atomic E-state index is 10.8. The maximum Gasteiger partial charge on any atom is 0.0713 e. The standard InChI is InChI=1S/C15H24O/c1-13(2)11-8-7-10-6-5-9-14(3,16)15(10,4)12(11)13/h7,11-12,16H,5-6,8-9H2,1-4H3/t11-,12+,14+,15+/m1/s1. The highest BCUT2D eigenvalue weighted by atomic mass is 16.3. The second kappa shape index (κ2) is 2.75. The highest BCUT2D eigenvalue weighted by molar-refractivity contribution is 5.34. The molecule has 3 rings (SSSR count). The summed E-state index contributed by atoms with van der Waals surface area (Å²) in [6.45, 7) is 9.16. The Morgan fingerprint density at radius 3 is 2.62 bits per heavy atom. The van der Waals surface area contributed by atoms with E-state index >= 15 is 0 Å². The van der Waals surface area contributed by atoms with Gasteiger partial charge in [-0.3, -0.25) is 0 Å². The quantitative estimate of drug-likeness (QED) is 0.619. The maximum absolute atomic E-state index is 10.8. The van der Waals surface area contributed by atoms with Crippen LogP contribution in [0.15, 0.2) is 11.6 Å². The van der Waals surface area contributed by atoms with Gasteiger partial charge in [0.15, 0.2) is 0 Å². The van der Waals surface area contributed by atoms with E-state index in [1.807, 2.05) is 0 Å². The van der Waals surface area contributed by atoms with Gasteiger partial charge in [0.2, 0.25) is 0 Å². The molecule has 2 saturated carbocycles. The Bertz CT molecular complexity index is 364. The minimum Gasteiger partial charge on any atom is -0.389 e. The predicted molar refractivity (Wildman–Crippen MR) is 66.0 cm³/mol. The van der Waals surface area contributed by atoms with Gasteiger partial charge >= 0.3 is 0 Å². The Morgan fingerprint density at radius 1 is 1.25 bits per heavy atom. The van der Waals surface area contributed by atoms with Crippen LogP contribution in [0.5, 0.6) is 0 Å². The van der Waals surface area contributed by atoms with Crippen molar-refractivity contribution in [3.05, 3.63) is 11.6 Å². The van der Waals surface area contributed by atoms with Gasteiger partial charge in [0.05, 0.1) is 5.60 Å². The van der Waals surface area contributed by atoms with E-state index in [1.165, 1.54) is 12.8 Å². The van der Waals surface area contributed by atoms with Crippen LogP contribution in [0.3, 0.4) is 0 Å². The van der Waals surface area contributed by atoms with Crippen molar-refractivity contribution in [3.8, 4) is 0 Å². The fourth-order valence-corrected chi connectivity index (χ4v) is 4.94. The van der Waals surface area contributed by atoms with E-state index in [0.29, 0.717) is 11.3 Å². The molecule has 0 unspecified atom stereocenters. The van der Waals surface area contributed by atoms with E-state index < -0.39 is 5.60 Å². The fourth-order valence-electron chi connectivity index (χ4n) is 4.94. The van der Waals surface area contributed by atoms with Crippen molar-refractivity contribution < 1.29 is 5.11 Å². The smallest absolute Gasteiger partial charge is 0.0713 e. The summed E-state index contributed by atoms with van der Waals surface area (Å²) in [7, 11) is 0. The van der Waals surface area contributed by atoms with Crippen LogP contribution in [0.4, 0.5) is 0 Å². The Morgan fingerprint density at radius 2 is 1.94 bits per heavy atom. The molecule has 0 radical (unpaired) electrons. The molecule has 3 aliphatic rings. The minimum atomic E-state index is -0.492. The van der Waals surface area contributed by atoms with Gasteiger partial charge in [-0.05, 0) is 49.9 Å². The first-order valence-corrected chi connectivity index (χ1v) is 6.74. The third-order valence-electron chi connectivity index (χ3n) is 6.19. The number of hydrogen-bond acceptors (Lipinski definition) is 1. The van der Waals surface area contributed by atoms with Gasteiger partial charge in [-0.25, -0.2) is 0 Å². The van der Waals surface area contributed by atoms with Crippen molar-refractivity contribution in [2.45, 2.75) is 59.0 Å².